The Kier molecular flexibility index (Phi) is 5.03. The van der Waals surface area contributed by atoms with Crippen LogP contribution in [0.5, 0.6) is 0 Å². The molecule has 2 aliphatic rings. The van der Waals surface area contributed by atoms with Crippen LogP contribution >= 0.6 is 0 Å². The van der Waals surface area contributed by atoms with Crippen LogP contribution in [0.1, 0.15) is 19.8 Å². The quantitative estimate of drug-likeness (QED) is 0.774. The topological polar surface area (TPSA) is 39.7 Å². The summed E-state index contributed by atoms with van der Waals surface area (Å²) in [6, 6.07) is 0.380. The second-order valence-corrected chi connectivity index (χ2v) is 4.54. The average molecular weight is 229 g/mol. The number of rotatable bonds is 4. The van der Waals surface area contributed by atoms with E-state index in [4.69, 9.17) is 14.2 Å². The molecule has 1 N–H and O–H groups in total. The van der Waals surface area contributed by atoms with Gasteiger partial charge in [-0.15, -0.1) is 0 Å². The van der Waals surface area contributed by atoms with E-state index in [1.54, 1.807) is 0 Å². The fourth-order valence-electron chi connectivity index (χ4n) is 2.60. The van der Waals surface area contributed by atoms with Crippen molar-refractivity contribution in [2.45, 2.75) is 31.9 Å². The lowest BCUT2D eigenvalue weighted by Crippen LogP contribution is -2.52. The van der Waals surface area contributed by atoms with Gasteiger partial charge in [0.25, 0.3) is 0 Å². The molecule has 0 radical (unpaired) electrons. The van der Waals surface area contributed by atoms with Crippen LogP contribution in [0.25, 0.3) is 0 Å². The zero-order chi connectivity index (χ0) is 11.2. The SMILES string of the molecule is CCNC(C1CCCOC1)C1COCCO1. The van der Waals surface area contributed by atoms with Gasteiger partial charge in [0, 0.05) is 18.6 Å². The molecule has 2 aliphatic heterocycles. The van der Waals surface area contributed by atoms with Crippen molar-refractivity contribution >= 4 is 0 Å². The van der Waals surface area contributed by atoms with E-state index in [2.05, 4.69) is 12.2 Å². The van der Waals surface area contributed by atoms with Gasteiger partial charge >= 0.3 is 0 Å². The Labute approximate surface area is 97.6 Å². The summed E-state index contributed by atoms with van der Waals surface area (Å²) in [4.78, 5) is 0. The van der Waals surface area contributed by atoms with Crippen LogP contribution < -0.4 is 5.32 Å². The van der Waals surface area contributed by atoms with Crippen molar-refractivity contribution in [2.24, 2.45) is 5.92 Å². The summed E-state index contributed by atoms with van der Waals surface area (Å²) in [6.45, 7) is 7.06. The maximum atomic E-state index is 5.80. The van der Waals surface area contributed by atoms with Gasteiger partial charge in [0.1, 0.15) is 0 Å². The monoisotopic (exact) mass is 229 g/mol. The van der Waals surface area contributed by atoms with Gasteiger partial charge in [-0.1, -0.05) is 6.92 Å². The van der Waals surface area contributed by atoms with Gasteiger partial charge in [-0.25, -0.2) is 0 Å². The molecule has 2 saturated heterocycles. The third kappa shape index (κ3) is 3.17. The highest BCUT2D eigenvalue weighted by Crippen LogP contribution is 2.22. The molecule has 4 nitrogen and oxygen atoms in total. The van der Waals surface area contributed by atoms with Crippen molar-refractivity contribution in [3.8, 4) is 0 Å². The molecule has 2 heterocycles. The van der Waals surface area contributed by atoms with E-state index in [9.17, 15) is 0 Å². The minimum Gasteiger partial charge on any atom is -0.381 e. The first-order valence-electron chi connectivity index (χ1n) is 6.42. The summed E-state index contributed by atoms with van der Waals surface area (Å²) < 4.78 is 16.9. The Morgan fingerprint density at radius 2 is 2.06 bits per heavy atom. The van der Waals surface area contributed by atoms with Gasteiger partial charge in [-0.05, 0) is 19.4 Å². The second kappa shape index (κ2) is 6.55. The summed E-state index contributed by atoms with van der Waals surface area (Å²) in [7, 11) is 0. The molecule has 94 valence electrons. The van der Waals surface area contributed by atoms with Crippen molar-refractivity contribution < 1.29 is 14.2 Å². The molecule has 4 heteroatoms. The van der Waals surface area contributed by atoms with Gasteiger partial charge < -0.3 is 19.5 Å². The molecule has 0 saturated carbocycles. The molecule has 2 rings (SSSR count). The molecule has 3 atom stereocenters. The molecule has 0 amide bonds. The lowest BCUT2D eigenvalue weighted by atomic mass is 9.90. The number of hydrogen-bond donors (Lipinski definition) is 1. The second-order valence-electron chi connectivity index (χ2n) is 4.54. The predicted octanol–water partition coefficient (Wildman–Crippen LogP) is 0.806. The fraction of sp³-hybridized carbons (Fsp3) is 1.00. The zero-order valence-electron chi connectivity index (χ0n) is 10.1. The van der Waals surface area contributed by atoms with Crippen LogP contribution in [0.2, 0.25) is 0 Å². The first-order chi connectivity index (χ1) is 7.92. The summed E-state index contributed by atoms with van der Waals surface area (Å²) in [5.74, 6) is 0.570. The average Bonchev–Trinajstić information content (AvgIpc) is 2.38. The van der Waals surface area contributed by atoms with Crippen LogP contribution in [0.4, 0.5) is 0 Å². The van der Waals surface area contributed by atoms with Crippen molar-refractivity contribution in [2.75, 3.05) is 39.6 Å². The minimum absolute atomic E-state index is 0.195. The summed E-state index contributed by atoms with van der Waals surface area (Å²) in [5.41, 5.74) is 0. The molecular weight excluding hydrogens is 206 g/mol. The molecule has 0 aromatic heterocycles. The summed E-state index contributed by atoms with van der Waals surface area (Å²) in [6.07, 6.45) is 2.60. The molecule has 2 fully saturated rings. The third-order valence-electron chi connectivity index (χ3n) is 3.39. The molecule has 0 aromatic rings. The molecular formula is C12H23NO3. The number of likely N-dealkylation sites (N-methyl/N-ethyl adjacent to an activating group) is 1. The molecule has 3 unspecified atom stereocenters. The van der Waals surface area contributed by atoms with Gasteiger partial charge in [0.2, 0.25) is 0 Å². The summed E-state index contributed by atoms with van der Waals surface area (Å²) in [5, 5.41) is 3.54. The van der Waals surface area contributed by atoms with Crippen molar-refractivity contribution in [3.05, 3.63) is 0 Å². The van der Waals surface area contributed by atoms with Crippen molar-refractivity contribution in [1.29, 1.82) is 0 Å². The largest absolute Gasteiger partial charge is 0.381 e. The maximum absolute atomic E-state index is 5.80. The van der Waals surface area contributed by atoms with Gasteiger partial charge in [0.15, 0.2) is 0 Å². The minimum atomic E-state index is 0.195. The standard InChI is InChI=1S/C12H23NO3/c1-2-13-12(10-4-3-5-14-8-10)11-9-15-6-7-16-11/h10-13H,2-9H2,1H3. The van der Waals surface area contributed by atoms with Gasteiger partial charge in [-0.3, -0.25) is 0 Å². The fourth-order valence-corrected chi connectivity index (χ4v) is 2.60. The highest BCUT2D eigenvalue weighted by atomic mass is 16.6. The lowest BCUT2D eigenvalue weighted by molar-refractivity contribution is -0.116. The number of ether oxygens (including phenoxy) is 3. The predicted molar refractivity (Wildman–Crippen MR) is 61.6 cm³/mol. The Hall–Kier alpha value is -0.160. The Morgan fingerprint density at radius 1 is 1.19 bits per heavy atom. The van der Waals surface area contributed by atoms with E-state index in [1.165, 1.54) is 12.8 Å². The third-order valence-corrected chi connectivity index (χ3v) is 3.39. The lowest BCUT2D eigenvalue weighted by Gasteiger charge is -2.37. The van der Waals surface area contributed by atoms with Crippen molar-refractivity contribution in [3.63, 3.8) is 0 Å². The zero-order valence-corrected chi connectivity index (χ0v) is 10.1. The number of hydrogen-bond acceptors (Lipinski definition) is 4. The molecule has 0 aliphatic carbocycles. The Morgan fingerprint density at radius 3 is 2.69 bits per heavy atom. The smallest absolute Gasteiger partial charge is 0.0965 e. The molecule has 0 bridgehead atoms. The molecule has 16 heavy (non-hydrogen) atoms. The Balaban J connectivity index is 1.91. The first-order valence-corrected chi connectivity index (χ1v) is 6.42. The van der Waals surface area contributed by atoms with Crippen molar-refractivity contribution in [1.82, 2.24) is 5.32 Å². The summed E-state index contributed by atoms with van der Waals surface area (Å²) >= 11 is 0. The van der Waals surface area contributed by atoms with E-state index in [0.717, 1.165) is 33.0 Å². The van der Waals surface area contributed by atoms with Gasteiger partial charge in [-0.2, -0.15) is 0 Å². The number of nitrogens with one attached hydrogen (secondary N) is 1. The van der Waals surface area contributed by atoms with E-state index >= 15 is 0 Å². The molecule has 0 spiro atoms. The van der Waals surface area contributed by atoms with E-state index in [0.29, 0.717) is 18.6 Å². The van der Waals surface area contributed by atoms with E-state index < -0.39 is 0 Å². The first kappa shape index (κ1) is 12.3. The normalized spacial score (nSPS) is 33.6. The van der Waals surface area contributed by atoms with Crippen LogP contribution in [-0.4, -0.2) is 51.7 Å². The van der Waals surface area contributed by atoms with E-state index in [-0.39, 0.29) is 6.10 Å². The maximum Gasteiger partial charge on any atom is 0.0965 e. The van der Waals surface area contributed by atoms with Crippen LogP contribution in [0.3, 0.4) is 0 Å². The Bertz CT molecular complexity index is 171. The highest BCUT2D eigenvalue weighted by Gasteiger charge is 2.32. The highest BCUT2D eigenvalue weighted by molar-refractivity contribution is 4.86. The molecule has 0 aromatic carbocycles. The van der Waals surface area contributed by atoms with Gasteiger partial charge in [0.05, 0.1) is 32.5 Å². The van der Waals surface area contributed by atoms with Crippen LogP contribution in [0.15, 0.2) is 0 Å². The van der Waals surface area contributed by atoms with E-state index in [1.807, 2.05) is 0 Å². The van der Waals surface area contributed by atoms with Crippen LogP contribution in [-0.2, 0) is 14.2 Å². The van der Waals surface area contributed by atoms with Crippen LogP contribution in [0, 0.1) is 5.92 Å².